The summed E-state index contributed by atoms with van der Waals surface area (Å²) in [6.45, 7) is 5.01. The van der Waals surface area contributed by atoms with Gasteiger partial charge in [-0.1, -0.05) is 5.16 Å². The van der Waals surface area contributed by atoms with E-state index in [0.29, 0.717) is 24.1 Å². The first-order chi connectivity index (χ1) is 18.8. The van der Waals surface area contributed by atoms with Gasteiger partial charge in [-0.3, -0.25) is 19.3 Å². The molecule has 2 atom stereocenters. The highest BCUT2D eigenvalue weighted by atomic mass is 32.2. The number of anilines is 1. The molecule has 1 aromatic heterocycles. The third-order valence-electron chi connectivity index (χ3n) is 5.91. The lowest BCUT2D eigenvalue weighted by Gasteiger charge is -2.49. The number of carboxylic acids is 1. The van der Waals surface area contributed by atoms with Crippen molar-refractivity contribution in [2.45, 2.75) is 44.2 Å². The molecule has 40 heavy (non-hydrogen) atoms. The summed E-state index contributed by atoms with van der Waals surface area (Å²) in [4.78, 5) is 74.4. The van der Waals surface area contributed by atoms with Gasteiger partial charge in [-0.25, -0.2) is 14.6 Å². The average Bonchev–Trinajstić information content (AvgIpc) is 3.43. The number of amides is 3. The number of allylic oxidation sites excluding steroid dienone is 1. The van der Waals surface area contributed by atoms with E-state index in [4.69, 9.17) is 15.3 Å². The number of likely N-dealkylation sites (N-methyl/N-ethyl adjacent to an activating group) is 1. The van der Waals surface area contributed by atoms with Gasteiger partial charge in [0, 0.05) is 30.3 Å². The summed E-state index contributed by atoms with van der Waals surface area (Å²) in [7, 11) is 1.66. The molecule has 3 aliphatic heterocycles. The Labute approximate surface area is 237 Å². The van der Waals surface area contributed by atoms with Gasteiger partial charge >= 0.3 is 11.9 Å². The van der Waals surface area contributed by atoms with Crippen LogP contribution < -0.4 is 11.1 Å². The van der Waals surface area contributed by atoms with Gasteiger partial charge in [0.15, 0.2) is 10.8 Å². The zero-order valence-electron chi connectivity index (χ0n) is 22.1. The van der Waals surface area contributed by atoms with Crippen molar-refractivity contribution in [1.29, 1.82) is 0 Å². The molecule has 0 spiro atoms. The number of esters is 1. The number of oxime groups is 1. The van der Waals surface area contributed by atoms with E-state index in [1.54, 1.807) is 27.8 Å². The van der Waals surface area contributed by atoms with Crippen LogP contribution in [0.15, 0.2) is 33.5 Å². The van der Waals surface area contributed by atoms with E-state index < -0.39 is 47.4 Å². The van der Waals surface area contributed by atoms with Crippen LogP contribution in [0.25, 0.3) is 0 Å². The van der Waals surface area contributed by atoms with Gasteiger partial charge in [-0.15, -0.1) is 23.1 Å². The number of carboxylic acid groups (broad SMARTS) is 1. The van der Waals surface area contributed by atoms with E-state index in [1.807, 2.05) is 0 Å². The minimum Gasteiger partial charge on any atom is -0.477 e. The van der Waals surface area contributed by atoms with Crippen molar-refractivity contribution in [3.8, 4) is 0 Å². The second-order valence-electron chi connectivity index (χ2n) is 10.1. The first-order valence-corrected chi connectivity index (χ1v) is 14.0. The number of rotatable bonds is 8. The highest BCUT2D eigenvalue weighted by Crippen LogP contribution is 2.41. The molecule has 0 unspecified atom stereocenters. The molecule has 4 N–H and O–H groups in total. The third kappa shape index (κ3) is 6.12. The van der Waals surface area contributed by atoms with E-state index in [-0.39, 0.29) is 33.9 Å². The molecule has 2 fully saturated rings. The Hall–Kier alpha value is -3.92. The van der Waals surface area contributed by atoms with Crippen molar-refractivity contribution in [2.24, 2.45) is 5.16 Å². The molecule has 0 saturated carbocycles. The highest BCUT2D eigenvalue weighted by Gasteiger charge is 2.54. The molecule has 214 valence electrons. The van der Waals surface area contributed by atoms with Crippen LogP contribution in [0.4, 0.5) is 5.13 Å². The fraction of sp³-hybridized carbons (Fsp3) is 0.458. The first kappa shape index (κ1) is 29.1. The van der Waals surface area contributed by atoms with E-state index in [9.17, 15) is 29.1 Å². The number of nitrogens with one attached hydrogen (secondary N) is 1. The van der Waals surface area contributed by atoms with Crippen LogP contribution >= 0.6 is 23.1 Å². The summed E-state index contributed by atoms with van der Waals surface area (Å²) in [6, 6.07) is -1.06. The van der Waals surface area contributed by atoms with Gasteiger partial charge < -0.3 is 30.6 Å². The zero-order chi connectivity index (χ0) is 29.4. The van der Waals surface area contributed by atoms with Crippen molar-refractivity contribution in [3.05, 3.63) is 34.0 Å². The van der Waals surface area contributed by atoms with E-state index >= 15 is 0 Å². The lowest BCUT2D eigenvalue weighted by Crippen LogP contribution is -2.71. The van der Waals surface area contributed by atoms with E-state index in [2.05, 4.69) is 15.5 Å². The fourth-order valence-electron chi connectivity index (χ4n) is 4.17. The van der Waals surface area contributed by atoms with Crippen molar-refractivity contribution >= 4 is 63.6 Å². The average molecular weight is 593 g/mol. The van der Waals surface area contributed by atoms with Crippen molar-refractivity contribution in [3.63, 3.8) is 0 Å². The molecule has 16 heteroatoms. The highest BCUT2D eigenvalue weighted by molar-refractivity contribution is 8.00. The second kappa shape index (κ2) is 11.3. The second-order valence-corrected chi connectivity index (χ2v) is 12.1. The summed E-state index contributed by atoms with van der Waals surface area (Å²) in [5.41, 5.74) is 5.28. The number of fused-ring (bicyclic) bond motifs is 1. The minimum atomic E-state index is -1.31. The van der Waals surface area contributed by atoms with Crippen LogP contribution in [-0.4, -0.2) is 98.2 Å². The normalized spacial score (nSPS) is 22.3. The smallest absolute Gasteiger partial charge is 0.352 e. The topological polar surface area (TPSA) is 194 Å². The quantitative estimate of drug-likeness (QED) is 0.124. The molecule has 3 aliphatic rings. The van der Waals surface area contributed by atoms with Crippen molar-refractivity contribution in [2.75, 3.05) is 31.7 Å². The lowest BCUT2D eigenvalue weighted by molar-refractivity contribution is -0.160. The predicted molar refractivity (Wildman–Crippen MR) is 145 cm³/mol. The Morgan fingerprint density at radius 1 is 1.32 bits per heavy atom. The molecular weight excluding hydrogens is 564 g/mol. The Kier molecular flexibility index (Phi) is 8.20. The van der Waals surface area contributed by atoms with Gasteiger partial charge in [-0.05, 0) is 38.8 Å². The summed E-state index contributed by atoms with van der Waals surface area (Å²) < 4.78 is 5.15. The molecule has 0 aliphatic carbocycles. The number of hydrogen-bond donors (Lipinski definition) is 3. The predicted octanol–water partition coefficient (Wildman–Crippen LogP) is 0.315. The van der Waals surface area contributed by atoms with Gasteiger partial charge in [0.1, 0.15) is 28.4 Å². The Morgan fingerprint density at radius 3 is 2.62 bits per heavy atom. The summed E-state index contributed by atoms with van der Waals surface area (Å²) in [5.74, 6) is -3.47. The number of hydrogen-bond acceptors (Lipinski definition) is 12. The molecule has 0 aromatic carbocycles. The third-order valence-corrected chi connectivity index (χ3v) is 7.89. The maximum atomic E-state index is 13.2. The Morgan fingerprint density at radius 2 is 2.05 bits per heavy atom. The minimum absolute atomic E-state index is 0.0651. The number of ether oxygens (including phenoxy) is 1. The molecule has 0 bridgehead atoms. The van der Waals surface area contributed by atoms with Gasteiger partial charge in [-0.2, -0.15) is 0 Å². The number of nitrogen functional groups attached to an aromatic ring is 1. The van der Waals surface area contributed by atoms with E-state index in [1.165, 1.54) is 28.1 Å². The number of thiazole rings is 1. The molecule has 14 nitrogen and oxygen atoms in total. The van der Waals surface area contributed by atoms with Crippen molar-refractivity contribution in [1.82, 2.24) is 20.1 Å². The summed E-state index contributed by atoms with van der Waals surface area (Å²) in [6.07, 6.45) is 2.02. The molecule has 4 heterocycles. The number of nitrogens with two attached hydrogens (primary N) is 1. The SMILES string of the molecule is CN1CCC(=CC2=C(C(=O)O)N3C(=O)[C@@H](NC(=O)C(=NOCC(=O)OC(C)(C)C)c4csc(N)n4)[C@H]3SC2)C1=O. The number of thioether (sulfide) groups is 1. The maximum Gasteiger partial charge on any atom is 0.352 e. The molecule has 4 rings (SSSR count). The van der Waals surface area contributed by atoms with Crippen molar-refractivity contribution < 1.29 is 38.7 Å². The molecule has 2 saturated heterocycles. The number of likely N-dealkylation sites (tertiary alicyclic amines) is 1. The number of nitrogens with zero attached hydrogens (tertiary/aromatic N) is 4. The van der Waals surface area contributed by atoms with Crippen LogP contribution in [0, 0.1) is 0 Å². The number of carbonyl (C=O) groups is 5. The van der Waals surface area contributed by atoms with Crippen LogP contribution in [0.1, 0.15) is 32.9 Å². The molecule has 0 radical (unpaired) electrons. The zero-order valence-corrected chi connectivity index (χ0v) is 23.8. The monoisotopic (exact) mass is 592 g/mol. The maximum absolute atomic E-state index is 13.2. The van der Waals surface area contributed by atoms with Crippen LogP contribution in [-0.2, 0) is 33.5 Å². The standard InChI is InChI=1S/C24H28N6O8S2/c1-24(2,3)38-14(31)8-37-28-15(13-10-40-23(25)26-13)18(32)27-16-20(34)30-17(22(35)36)12(9-39-21(16)30)7-11-5-6-29(4)19(11)33/h7,10,16,21H,5-6,8-9H2,1-4H3,(H2,25,26)(H,27,32)(H,35,36)/t16-,21-/m1/s1. The molecular formula is C24H28N6O8S2. The number of carbonyl (C=O) groups excluding carboxylic acids is 4. The van der Waals surface area contributed by atoms with Crippen LogP contribution in [0.5, 0.6) is 0 Å². The van der Waals surface area contributed by atoms with Gasteiger partial charge in [0.25, 0.3) is 11.8 Å². The molecule has 3 amide bonds. The van der Waals surface area contributed by atoms with Crippen LogP contribution in [0.3, 0.4) is 0 Å². The Balaban J connectivity index is 1.51. The number of aromatic nitrogens is 1. The number of aliphatic carboxylic acids is 1. The fourth-order valence-corrected chi connectivity index (χ4v) is 6.02. The largest absolute Gasteiger partial charge is 0.477 e. The van der Waals surface area contributed by atoms with Gasteiger partial charge in [0.05, 0.1) is 0 Å². The summed E-state index contributed by atoms with van der Waals surface area (Å²) >= 11 is 2.30. The van der Waals surface area contributed by atoms with Crippen LogP contribution in [0.2, 0.25) is 0 Å². The summed E-state index contributed by atoms with van der Waals surface area (Å²) in [5, 5.41) is 17.1. The van der Waals surface area contributed by atoms with E-state index in [0.717, 1.165) is 16.2 Å². The Bertz CT molecular complexity index is 1360. The lowest BCUT2D eigenvalue weighted by atomic mass is 10.0. The number of β-lactam (4-membered cyclic amide) rings is 1. The van der Waals surface area contributed by atoms with Gasteiger partial charge in [0.2, 0.25) is 12.5 Å². The molecule has 1 aromatic rings. The first-order valence-electron chi connectivity index (χ1n) is 12.1.